The molecule has 1 N–H and O–H groups in total. The maximum atomic E-state index is 13.4. The van der Waals surface area contributed by atoms with Crippen LogP contribution in [0.15, 0.2) is 48.5 Å². The number of carbonyl (C=O) groups is 1. The molecule has 0 saturated carbocycles. The zero-order valence-corrected chi connectivity index (χ0v) is 14.1. The molecular formula is C20H19F3N2O. The van der Waals surface area contributed by atoms with Crippen molar-refractivity contribution in [1.29, 1.82) is 0 Å². The van der Waals surface area contributed by atoms with E-state index in [4.69, 9.17) is 0 Å². The monoisotopic (exact) mass is 360 g/mol. The number of hydrogen-bond donors (Lipinski definition) is 1. The lowest BCUT2D eigenvalue weighted by Gasteiger charge is -2.44. The molecule has 3 nitrogen and oxygen atoms in total. The van der Waals surface area contributed by atoms with Gasteiger partial charge in [0.2, 0.25) is 5.91 Å². The number of nitrogens with zero attached hydrogens (tertiary/aromatic N) is 1. The van der Waals surface area contributed by atoms with Gasteiger partial charge in [-0.05, 0) is 68.2 Å². The number of piperidine rings is 1. The van der Waals surface area contributed by atoms with E-state index in [1.54, 1.807) is 4.90 Å². The van der Waals surface area contributed by atoms with Crippen molar-refractivity contribution in [3.05, 3.63) is 59.7 Å². The van der Waals surface area contributed by atoms with Crippen LogP contribution in [0.3, 0.4) is 0 Å². The van der Waals surface area contributed by atoms with Crippen LogP contribution in [0.4, 0.5) is 24.5 Å². The highest BCUT2D eigenvalue weighted by Crippen LogP contribution is 2.46. The first kappa shape index (κ1) is 17.1. The summed E-state index contributed by atoms with van der Waals surface area (Å²) in [5.41, 5.74) is 1.11. The van der Waals surface area contributed by atoms with Crippen LogP contribution in [0.1, 0.15) is 24.0 Å². The summed E-state index contributed by atoms with van der Waals surface area (Å²) < 4.78 is 38.6. The molecular weight excluding hydrogens is 341 g/mol. The number of nitrogens with one attached hydrogen (secondary N) is 1. The number of rotatable bonds is 1. The Hall–Kier alpha value is -2.34. The van der Waals surface area contributed by atoms with Gasteiger partial charge in [-0.3, -0.25) is 9.69 Å². The first-order valence-corrected chi connectivity index (χ1v) is 8.71. The summed E-state index contributed by atoms with van der Waals surface area (Å²) >= 11 is 0. The van der Waals surface area contributed by atoms with Crippen LogP contribution < -0.4 is 10.2 Å². The number of halogens is 3. The largest absolute Gasteiger partial charge is 0.416 e. The first-order valence-electron chi connectivity index (χ1n) is 8.71. The van der Waals surface area contributed by atoms with Gasteiger partial charge in [0, 0.05) is 5.69 Å². The van der Waals surface area contributed by atoms with E-state index < -0.39 is 17.2 Å². The predicted octanol–water partition coefficient (Wildman–Crippen LogP) is 4.30. The molecule has 26 heavy (non-hydrogen) atoms. The fourth-order valence-corrected chi connectivity index (χ4v) is 4.02. The number of carbonyl (C=O) groups excluding carboxylic acids is 1. The fourth-order valence-electron chi connectivity index (χ4n) is 4.02. The highest BCUT2D eigenvalue weighted by molar-refractivity contribution is 6.06. The Kier molecular flexibility index (Phi) is 4.03. The van der Waals surface area contributed by atoms with Crippen molar-refractivity contribution in [1.82, 2.24) is 5.32 Å². The summed E-state index contributed by atoms with van der Waals surface area (Å²) in [5.74, 6) is -0.0162. The lowest BCUT2D eigenvalue weighted by molar-refractivity contribution is -0.137. The van der Waals surface area contributed by atoms with Crippen molar-refractivity contribution >= 4 is 17.3 Å². The standard InChI is InChI=1S/C20H19F3N2O/c21-20(22,23)15-5-7-16(8-6-15)25-17-4-2-1-3-14(17)13-19(18(25)26)9-11-24-12-10-19/h1-8,24H,9-13H2. The van der Waals surface area contributed by atoms with Gasteiger partial charge < -0.3 is 5.32 Å². The van der Waals surface area contributed by atoms with Gasteiger partial charge >= 0.3 is 6.18 Å². The van der Waals surface area contributed by atoms with Crippen LogP contribution in [0.2, 0.25) is 0 Å². The first-order chi connectivity index (χ1) is 12.4. The molecule has 2 heterocycles. The second-order valence-corrected chi connectivity index (χ2v) is 7.02. The molecule has 0 aromatic heterocycles. The molecule has 2 aliphatic heterocycles. The van der Waals surface area contributed by atoms with Gasteiger partial charge in [0.25, 0.3) is 0 Å². The molecule has 0 unspecified atom stereocenters. The van der Waals surface area contributed by atoms with Gasteiger partial charge in [0.1, 0.15) is 0 Å². The summed E-state index contributed by atoms with van der Waals surface area (Å²) in [6.45, 7) is 1.55. The minimum Gasteiger partial charge on any atom is -0.317 e. The molecule has 1 saturated heterocycles. The third-order valence-electron chi connectivity index (χ3n) is 5.43. The summed E-state index contributed by atoms with van der Waals surface area (Å²) in [5, 5.41) is 3.28. The topological polar surface area (TPSA) is 32.3 Å². The number of para-hydroxylation sites is 1. The normalized spacial score (nSPS) is 19.5. The smallest absolute Gasteiger partial charge is 0.317 e. The van der Waals surface area contributed by atoms with Crippen molar-refractivity contribution in [2.75, 3.05) is 18.0 Å². The van der Waals surface area contributed by atoms with Gasteiger partial charge in [-0.1, -0.05) is 18.2 Å². The quantitative estimate of drug-likeness (QED) is 0.823. The molecule has 0 bridgehead atoms. The molecule has 6 heteroatoms. The van der Waals surface area contributed by atoms with E-state index in [-0.39, 0.29) is 5.91 Å². The van der Waals surface area contributed by atoms with Crippen LogP contribution in [0.25, 0.3) is 0 Å². The third kappa shape index (κ3) is 2.78. The van der Waals surface area contributed by atoms with Gasteiger partial charge in [-0.25, -0.2) is 0 Å². The van der Waals surface area contributed by atoms with Crippen LogP contribution in [-0.2, 0) is 17.4 Å². The average molecular weight is 360 g/mol. The molecule has 4 rings (SSSR count). The Balaban J connectivity index is 1.79. The van der Waals surface area contributed by atoms with Gasteiger partial charge in [0.15, 0.2) is 0 Å². The van der Waals surface area contributed by atoms with E-state index in [0.29, 0.717) is 12.1 Å². The molecule has 0 atom stereocenters. The predicted molar refractivity (Wildman–Crippen MR) is 93.3 cm³/mol. The Morgan fingerprint density at radius 1 is 0.962 bits per heavy atom. The van der Waals surface area contributed by atoms with E-state index in [1.165, 1.54) is 12.1 Å². The summed E-state index contributed by atoms with van der Waals surface area (Å²) in [6, 6.07) is 12.5. The second-order valence-electron chi connectivity index (χ2n) is 7.02. The van der Waals surface area contributed by atoms with Crippen LogP contribution >= 0.6 is 0 Å². The molecule has 2 aromatic rings. The van der Waals surface area contributed by atoms with Crippen molar-refractivity contribution in [2.45, 2.75) is 25.4 Å². The number of alkyl halides is 3. The molecule has 136 valence electrons. The Labute approximate surface area is 149 Å². The Morgan fingerprint density at radius 3 is 2.27 bits per heavy atom. The third-order valence-corrected chi connectivity index (χ3v) is 5.43. The SMILES string of the molecule is O=C1N(c2ccc(C(F)(F)F)cc2)c2ccccc2CC12CCNCC2. The number of benzene rings is 2. The van der Waals surface area contributed by atoms with E-state index in [1.807, 2.05) is 24.3 Å². The fraction of sp³-hybridized carbons (Fsp3) is 0.350. The highest BCUT2D eigenvalue weighted by Gasteiger charge is 2.47. The minimum atomic E-state index is -4.39. The van der Waals surface area contributed by atoms with E-state index in [2.05, 4.69) is 5.32 Å². The zero-order chi connectivity index (χ0) is 18.4. The van der Waals surface area contributed by atoms with Crippen LogP contribution in [0.5, 0.6) is 0 Å². The number of anilines is 2. The van der Waals surface area contributed by atoms with Crippen molar-refractivity contribution in [3.8, 4) is 0 Å². The number of amides is 1. The maximum Gasteiger partial charge on any atom is 0.416 e. The van der Waals surface area contributed by atoms with E-state index >= 15 is 0 Å². The van der Waals surface area contributed by atoms with E-state index in [0.717, 1.165) is 49.3 Å². The lowest BCUT2D eigenvalue weighted by Crippen LogP contribution is -2.52. The van der Waals surface area contributed by atoms with Gasteiger partial charge in [0.05, 0.1) is 16.7 Å². The van der Waals surface area contributed by atoms with E-state index in [9.17, 15) is 18.0 Å². The summed E-state index contributed by atoms with van der Waals surface area (Å²) in [4.78, 5) is 15.0. The zero-order valence-electron chi connectivity index (χ0n) is 14.1. The van der Waals surface area contributed by atoms with Gasteiger partial charge in [-0.15, -0.1) is 0 Å². The highest BCUT2D eigenvalue weighted by atomic mass is 19.4. The van der Waals surface area contributed by atoms with Crippen molar-refractivity contribution < 1.29 is 18.0 Å². The Morgan fingerprint density at radius 2 is 1.62 bits per heavy atom. The molecule has 1 amide bonds. The summed E-state index contributed by atoms with van der Waals surface area (Å²) in [7, 11) is 0. The molecule has 0 aliphatic carbocycles. The summed E-state index contributed by atoms with van der Waals surface area (Å²) in [6.07, 6.45) is -2.24. The van der Waals surface area contributed by atoms with Crippen molar-refractivity contribution in [3.63, 3.8) is 0 Å². The number of hydrogen-bond acceptors (Lipinski definition) is 2. The van der Waals surface area contributed by atoms with Crippen molar-refractivity contribution in [2.24, 2.45) is 5.41 Å². The van der Waals surface area contributed by atoms with Crippen LogP contribution in [-0.4, -0.2) is 19.0 Å². The molecule has 0 radical (unpaired) electrons. The van der Waals surface area contributed by atoms with Crippen LogP contribution in [0, 0.1) is 5.41 Å². The minimum absolute atomic E-state index is 0.0162. The average Bonchev–Trinajstić information content (AvgIpc) is 2.63. The molecule has 2 aromatic carbocycles. The molecule has 2 aliphatic rings. The number of fused-ring (bicyclic) bond motifs is 1. The molecule has 1 fully saturated rings. The Bertz CT molecular complexity index is 824. The lowest BCUT2D eigenvalue weighted by atomic mass is 9.70. The molecule has 1 spiro atoms. The maximum absolute atomic E-state index is 13.4. The second kappa shape index (κ2) is 6.13. The van der Waals surface area contributed by atoms with Gasteiger partial charge in [-0.2, -0.15) is 13.2 Å².